The lowest BCUT2D eigenvalue weighted by Gasteiger charge is -2.16. The molecule has 0 aliphatic heterocycles. The van der Waals surface area contributed by atoms with Crippen LogP contribution in [0.2, 0.25) is 0 Å². The van der Waals surface area contributed by atoms with Gasteiger partial charge in [0.15, 0.2) is 4.83 Å². The van der Waals surface area contributed by atoms with Crippen LogP contribution in [0.3, 0.4) is 0 Å². The Morgan fingerprint density at radius 3 is 2.60 bits per heavy atom. The Morgan fingerprint density at radius 2 is 2.00 bits per heavy atom. The van der Waals surface area contributed by atoms with Gasteiger partial charge in [-0.25, -0.2) is 4.98 Å². The van der Waals surface area contributed by atoms with Gasteiger partial charge in [-0.3, -0.25) is 4.79 Å². The molecule has 2 heterocycles. The maximum Gasteiger partial charge on any atom is 0.261 e. The van der Waals surface area contributed by atoms with E-state index in [0.29, 0.717) is 11.2 Å². The predicted octanol–water partition coefficient (Wildman–Crippen LogP) is 1.99. The molecule has 0 unspecified atom stereocenters. The molecular weight excluding hydrogens is 210 g/mol. The minimum atomic E-state index is -0.148. The third-order valence-corrected chi connectivity index (χ3v) is 3.06. The molecule has 0 bridgehead atoms. The van der Waals surface area contributed by atoms with Gasteiger partial charge in [-0.2, -0.15) is 4.37 Å². The summed E-state index contributed by atoms with van der Waals surface area (Å²) in [4.78, 5) is 19.8. The molecule has 0 aliphatic carbocycles. The third kappa shape index (κ3) is 1.67. The Labute approximate surface area is 91.5 Å². The van der Waals surface area contributed by atoms with Crippen LogP contribution >= 0.6 is 11.5 Å². The van der Waals surface area contributed by atoms with Crippen LogP contribution in [0.4, 0.5) is 0 Å². The fourth-order valence-corrected chi connectivity index (χ4v) is 2.13. The van der Waals surface area contributed by atoms with E-state index in [9.17, 15) is 4.79 Å². The third-order valence-electron chi connectivity index (χ3n) is 2.23. The summed E-state index contributed by atoms with van der Waals surface area (Å²) in [5.41, 5.74) is 0.519. The van der Waals surface area contributed by atoms with Crippen LogP contribution in [0.5, 0.6) is 0 Å². The van der Waals surface area contributed by atoms with Crippen LogP contribution in [0.25, 0.3) is 10.2 Å². The van der Waals surface area contributed by atoms with Crippen molar-refractivity contribution in [1.29, 1.82) is 0 Å². The molecule has 0 aliphatic rings. The largest absolute Gasteiger partial charge is 0.309 e. The number of nitrogens with one attached hydrogen (secondary N) is 1. The summed E-state index contributed by atoms with van der Waals surface area (Å²) in [6.45, 7) is 7.88. The maximum atomic E-state index is 11.8. The lowest BCUT2D eigenvalue weighted by atomic mass is 9.96. The summed E-state index contributed by atoms with van der Waals surface area (Å²) >= 11 is 1.28. The molecule has 2 aromatic rings. The molecule has 0 fully saturated rings. The highest BCUT2D eigenvalue weighted by Gasteiger charge is 2.19. The highest BCUT2D eigenvalue weighted by atomic mass is 32.1. The molecule has 2 rings (SSSR count). The van der Waals surface area contributed by atoms with Crippen molar-refractivity contribution in [3.63, 3.8) is 0 Å². The predicted molar refractivity (Wildman–Crippen MR) is 61.5 cm³/mol. The van der Waals surface area contributed by atoms with Gasteiger partial charge >= 0.3 is 0 Å². The molecule has 0 radical (unpaired) electrons. The molecule has 2 aromatic heterocycles. The average Bonchev–Trinajstić information content (AvgIpc) is 2.46. The normalized spacial score (nSPS) is 12.3. The number of aryl methyl sites for hydroxylation is 1. The Morgan fingerprint density at radius 1 is 1.33 bits per heavy atom. The van der Waals surface area contributed by atoms with Crippen molar-refractivity contribution < 1.29 is 0 Å². The molecule has 0 saturated heterocycles. The van der Waals surface area contributed by atoms with E-state index >= 15 is 0 Å². The molecule has 0 amide bonds. The molecule has 80 valence electrons. The number of hydrogen-bond donors (Lipinski definition) is 1. The smallest absolute Gasteiger partial charge is 0.261 e. The fourth-order valence-electron chi connectivity index (χ4n) is 1.35. The lowest BCUT2D eigenvalue weighted by molar-refractivity contribution is 0.546. The Bertz CT molecular complexity index is 562. The molecule has 0 aromatic carbocycles. The van der Waals surface area contributed by atoms with Crippen molar-refractivity contribution in [3.05, 3.63) is 21.9 Å². The SMILES string of the molecule is Cc1nsc2nc(C(C)(C)C)[nH]c(=O)c12. The first-order valence-corrected chi connectivity index (χ1v) is 5.54. The molecular formula is C10H13N3OS. The zero-order valence-electron chi connectivity index (χ0n) is 9.21. The molecule has 1 N–H and O–H groups in total. The lowest BCUT2D eigenvalue weighted by Crippen LogP contribution is -2.21. The second-order valence-electron chi connectivity index (χ2n) is 4.61. The summed E-state index contributed by atoms with van der Waals surface area (Å²) in [5, 5.41) is 0.619. The van der Waals surface area contributed by atoms with Gasteiger partial charge in [0.1, 0.15) is 5.82 Å². The van der Waals surface area contributed by atoms with E-state index < -0.39 is 0 Å². The van der Waals surface area contributed by atoms with Gasteiger partial charge in [0.25, 0.3) is 5.56 Å². The van der Waals surface area contributed by atoms with E-state index in [1.807, 2.05) is 27.7 Å². The maximum absolute atomic E-state index is 11.8. The van der Waals surface area contributed by atoms with E-state index in [2.05, 4.69) is 14.3 Å². The second-order valence-corrected chi connectivity index (χ2v) is 5.36. The first-order chi connectivity index (χ1) is 6.89. The molecule has 4 nitrogen and oxygen atoms in total. The number of hydrogen-bond acceptors (Lipinski definition) is 4. The molecule has 15 heavy (non-hydrogen) atoms. The van der Waals surface area contributed by atoms with Gasteiger partial charge in [0, 0.05) is 5.41 Å². The highest BCUT2D eigenvalue weighted by molar-refractivity contribution is 7.12. The quantitative estimate of drug-likeness (QED) is 0.743. The van der Waals surface area contributed by atoms with E-state index in [4.69, 9.17) is 0 Å². The zero-order valence-corrected chi connectivity index (χ0v) is 10.0. The number of H-pyrrole nitrogens is 1. The van der Waals surface area contributed by atoms with E-state index in [1.165, 1.54) is 11.5 Å². The molecule has 5 heteroatoms. The van der Waals surface area contributed by atoms with Crippen molar-refractivity contribution in [3.8, 4) is 0 Å². The van der Waals surface area contributed by atoms with Gasteiger partial charge in [-0.1, -0.05) is 20.8 Å². The molecule has 0 atom stereocenters. The fraction of sp³-hybridized carbons (Fsp3) is 0.500. The average molecular weight is 223 g/mol. The van der Waals surface area contributed by atoms with E-state index in [1.54, 1.807) is 0 Å². The summed E-state index contributed by atoms with van der Waals surface area (Å²) in [6.07, 6.45) is 0. The van der Waals surface area contributed by atoms with Crippen molar-refractivity contribution in [1.82, 2.24) is 14.3 Å². The number of nitrogens with zero attached hydrogens (tertiary/aromatic N) is 2. The Hall–Kier alpha value is -1.23. The highest BCUT2D eigenvalue weighted by Crippen LogP contribution is 2.21. The minimum absolute atomic E-state index is 0.0869. The first-order valence-electron chi connectivity index (χ1n) is 4.76. The zero-order chi connectivity index (χ0) is 11.2. The van der Waals surface area contributed by atoms with Crippen LogP contribution in [0.15, 0.2) is 4.79 Å². The van der Waals surface area contributed by atoms with Crippen LogP contribution in [-0.2, 0) is 5.41 Å². The van der Waals surface area contributed by atoms with Gasteiger partial charge in [-0.15, -0.1) is 0 Å². The summed E-state index contributed by atoms with van der Waals surface area (Å²) in [7, 11) is 0. The van der Waals surface area contributed by atoms with Crippen LogP contribution in [0.1, 0.15) is 32.3 Å². The van der Waals surface area contributed by atoms with Crippen LogP contribution < -0.4 is 5.56 Å². The summed E-state index contributed by atoms with van der Waals surface area (Å²) in [6, 6.07) is 0. The number of rotatable bonds is 0. The topological polar surface area (TPSA) is 58.6 Å². The summed E-state index contributed by atoms with van der Waals surface area (Å²) < 4.78 is 4.14. The Balaban J connectivity index is 2.81. The minimum Gasteiger partial charge on any atom is -0.309 e. The van der Waals surface area contributed by atoms with E-state index in [-0.39, 0.29) is 11.0 Å². The summed E-state index contributed by atoms with van der Waals surface area (Å²) in [5.74, 6) is 0.712. The van der Waals surface area contributed by atoms with Crippen LogP contribution in [0, 0.1) is 6.92 Å². The number of aromatic amines is 1. The first kappa shape index (κ1) is 10.3. The van der Waals surface area contributed by atoms with Crippen LogP contribution in [-0.4, -0.2) is 14.3 Å². The Kier molecular flexibility index (Phi) is 2.15. The second kappa shape index (κ2) is 3.13. The van der Waals surface area contributed by atoms with Crippen molar-refractivity contribution >= 4 is 21.7 Å². The van der Waals surface area contributed by atoms with Gasteiger partial charge in [0.2, 0.25) is 0 Å². The monoisotopic (exact) mass is 223 g/mol. The number of aromatic nitrogens is 3. The van der Waals surface area contributed by atoms with Gasteiger partial charge in [0.05, 0.1) is 11.1 Å². The number of fused-ring (bicyclic) bond motifs is 1. The van der Waals surface area contributed by atoms with Gasteiger partial charge < -0.3 is 4.98 Å². The van der Waals surface area contributed by atoms with Gasteiger partial charge in [-0.05, 0) is 18.5 Å². The van der Waals surface area contributed by atoms with Crippen molar-refractivity contribution in [2.45, 2.75) is 33.1 Å². The molecule has 0 spiro atoms. The van der Waals surface area contributed by atoms with Crippen molar-refractivity contribution in [2.75, 3.05) is 0 Å². The van der Waals surface area contributed by atoms with Crippen molar-refractivity contribution in [2.24, 2.45) is 0 Å². The molecule has 0 saturated carbocycles. The van der Waals surface area contributed by atoms with E-state index in [0.717, 1.165) is 10.5 Å². The standard InChI is InChI=1S/C10H13N3OS/c1-5-6-7(14)11-9(10(2,3)4)12-8(6)15-13-5/h1-4H3,(H,11,12,14).